The summed E-state index contributed by atoms with van der Waals surface area (Å²) in [7, 11) is 0. The number of aromatic nitrogens is 4. The Hall–Kier alpha value is -3.26. The molecular weight excluding hydrogens is 367 g/mol. The van der Waals surface area contributed by atoms with E-state index in [2.05, 4.69) is 20.6 Å². The Balaban J connectivity index is 1.38. The molecule has 0 bridgehead atoms. The number of rotatable bonds is 5. The number of hydrogen-bond acceptors (Lipinski definition) is 4. The zero-order valence-corrected chi connectivity index (χ0v) is 14.7. The predicted octanol–water partition coefficient (Wildman–Crippen LogP) is 4.12. The maximum Gasteiger partial charge on any atom is 0.416 e. The number of nitrogens with one attached hydrogen (secondary N) is 1. The van der Waals surface area contributed by atoms with Crippen LogP contribution in [0, 0.1) is 0 Å². The summed E-state index contributed by atoms with van der Waals surface area (Å²) in [5.74, 6) is 0. The van der Waals surface area contributed by atoms with E-state index in [-0.39, 0.29) is 0 Å². The largest absolute Gasteiger partial charge is 0.416 e. The molecule has 5 nitrogen and oxygen atoms in total. The van der Waals surface area contributed by atoms with E-state index >= 15 is 0 Å². The number of halogens is 3. The quantitative estimate of drug-likeness (QED) is 0.563. The Labute approximate surface area is 158 Å². The number of benzene rings is 2. The third-order valence-corrected chi connectivity index (χ3v) is 4.30. The third kappa shape index (κ3) is 4.01. The number of pyridine rings is 1. The van der Waals surface area contributed by atoms with Gasteiger partial charge in [-0.1, -0.05) is 35.5 Å². The number of para-hydroxylation sites is 1. The van der Waals surface area contributed by atoms with E-state index in [9.17, 15) is 13.2 Å². The highest BCUT2D eigenvalue weighted by molar-refractivity contribution is 5.79. The van der Waals surface area contributed by atoms with Gasteiger partial charge in [0.1, 0.15) is 0 Å². The summed E-state index contributed by atoms with van der Waals surface area (Å²) in [4.78, 5) is 4.41. The standard InChI is InChI=1S/C20H16F3N5/c21-20(22,23)16-7-5-14(6-8-16)10-24-11-17-13-28(27-26-17)18-9-15-3-1-2-4-19(15)25-12-18/h1-9,12-13,24H,10-11H2. The van der Waals surface area contributed by atoms with Gasteiger partial charge in [-0.05, 0) is 29.8 Å². The molecule has 1 N–H and O–H groups in total. The molecule has 0 aliphatic carbocycles. The van der Waals surface area contributed by atoms with Crippen molar-refractivity contribution in [3.8, 4) is 5.69 Å². The van der Waals surface area contributed by atoms with Crippen molar-refractivity contribution in [1.82, 2.24) is 25.3 Å². The van der Waals surface area contributed by atoms with Gasteiger partial charge in [-0.15, -0.1) is 5.10 Å². The topological polar surface area (TPSA) is 55.6 Å². The van der Waals surface area contributed by atoms with Crippen LogP contribution in [0.1, 0.15) is 16.8 Å². The van der Waals surface area contributed by atoms with Gasteiger partial charge in [0.25, 0.3) is 0 Å². The van der Waals surface area contributed by atoms with Crippen molar-refractivity contribution >= 4 is 10.9 Å². The van der Waals surface area contributed by atoms with Gasteiger partial charge in [0, 0.05) is 18.5 Å². The lowest BCUT2D eigenvalue weighted by molar-refractivity contribution is -0.137. The molecule has 0 spiro atoms. The first-order chi connectivity index (χ1) is 13.5. The SMILES string of the molecule is FC(F)(F)c1ccc(CNCc2cn(-c3cnc4ccccc4c3)nn2)cc1. The van der Waals surface area contributed by atoms with Gasteiger partial charge >= 0.3 is 6.18 Å². The van der Waals surface area contributed by atoms with Gasteiger partial charge in [-0.3, -0.25) is 4.98 Å². The second-order valence-electron chi connectivity index (χ2n) is 6.34. The van der Waals surface area contributed by atoms with E-state index in [4.69, 9.17) is 0 Å². The van der Waals surface area contributed by atoms with Crippen molar-refractivity contribution in [1.29, 1.82) is 0 Å². The molecular formula is C20H16F3N5. The molecule has 28 heavy (non-hydrogen) atoms. The van der Waals surface area contributed by atoms with Gasteiger partial charge in [-0.25, -0.2) is 4.68 Å². The Morgan fingerprint density at radius 2 is 1.75 bits per heavy atom. The molecule has 0 saturated carbocycles. The lowest BCUT2D eigenvalue weighted by atomic mass is 10.1. The van der Waals surface area contributed by atoms with Crippen molar-refractivity contribution < 1.29 is 13.2 Å². The van der Waals surface area contributed by atoms with E-state index in [0.29, 0.717) is 13.1 Å². The molecule has 0 amide bonds. The van der Waals surface area contributed by atoms with Crippen LogP contribution in [-0.4, -0.2) is 20.0 Å². The van der Waals surface area contributed by atoms with E-state index in [1.807, 2.05) is 30.3 Å². The van der Waals surface area contributed by atoms with Gasteiger partial charge in [-0.2, -0.15) is 13.2 Å². The van der Waals surface area contributed by atoms with Crippen molar-refractivity contribution in [2.75, 3.05) is 0 Å². The molecule has 0 radical (unpaired) electrons. The number of alkyl halides is 3. The monoisotopic (exact) mass is 383 g/mol. The maximum absolute atomic E-state index is 12.6. The van der Waals surface area contributed by atoms with Gasteiger partial charge in [0.2, 0.25) is 0 Å². The minimum atomic E-state index is -4.32. The molecule has 0 aliphatic rings. The van der Waals surface area contributed by atoms with Crippen molar-refractivity contribution in [3.63, 3.8) is 0 Å². The highest BCUT2D eigenvalue weighted by Crippen LogP contribution is 2.29. The summed E-state index contributed by atoms with van der Waals surface area (Å²) in [6.45, 7) is 0.880. The first-order valence-corrected chi connectivity index (χ1v) is 8.62. The average molecular weight is 383 g/mol. The summed E-state index contributed by atoms with van der Waals surface area (Å²) in [6.07, 6.45) is -0.788. The normalized spacial score (nSPS) is 11.8. The molecule has 2 heterocycles. The van der Waals surface area contributed by atoms with Crippen LogP contribution in [0.3, 0.4) is 0 Å². The Kier molecular flexibility index (Phi) is 4.79. The van der Waals surface area contributed by atoms with Crippen molar-refractivity contribution in [3.05, 3.63) is 83.8 Å². The fraction of sp³-hybridized carbons (Fsp3) is 0.150. The van der Waals surface area contributed by atoms with Crippen LogP contribution in [0.15, 0.2) is 67.0 Å². The van der Waals surface area contributed by atoms with Crippen molar-refractivity contribution in [2.24, 2.45) is 0 Å². The van der Waals surface area contributed by atoms with Crippen LogP contribution in [0.2, 0.25) is 0 Å². The van der Waals surface area contributed by atoms with Crippen LogP contribution in [0.5, 0.6) is 0 Å². The molecule has 4 aromatic rings. The number of hydrogen-bond donors (Lipinski definition) is 1. The van der Waals surface area contributed by atoms with E-state index in [1.54, 1.807) is 17.1 Å². The fourth-order valence-corrected chi connectivity index (χ4v) is 2.84. The molecule has 4 rings (SSSR count). The number of fused-ring (bicyclic) bond motifs is 1. The summed E-state index contributed by atoms with van der Waals surface area (Å²) in [5, 5.41) is 12.4. The van der Waals surface area contributed by atoms with E-state index in [1.165, 1.54) is 12.1 Å². The summed E-state index contributed by atoms with van der Waals surface area (Å²) in [5.41, 5.74) is 2.55. The van der Waals surface area contributed by atoms with Gasteiger partial charge in [0.15, 0.2) is 0 Å². The lowest BCUT2D eigenvalue weighted by Crippen LogP contribution is -2.13. The maximum atomic E-state index is 12.6. The Bertz CT molecular complexity index is 1090. The van der Waals surface area contributed by atoms with E-state index < -0.39 is 11.7 Å². The second-order valence-corrected chi connectivity index (χ2v) is 6.34. The predicted molar refractivity (Wildman–Crippen MR) is 98.6 cm³/mol. The fourth-order valence-electron chi connectivity index (χ4n) is 2.84. The molecule has 0 saturated heterocycles. The van der Waals surface area contributed by atoms with Crippen LogP contribution in [-0.2, 0) is 19.3 Å². The molecule has 142 valence electrons. The lowest BCUT2D eigenvalue weighted by Gasteiger charge is -2.08. The number of nitrogens with zero attached hydrogens (tertiary/aromatic N) is 4. The molecule has 2 aromatic heterocycles. The molecule has 0 unspecified atom stereocenters. The van der Waals surface area contributed by atoms with Crippen LogP contribution in [0.25, 0.3) is 16.6 Å². The molecule has 2 aromatic carbocycles. The minimum absolute atomic E-state index is 0.433. The summed E-state index contributed by atoms with van der Waals surface area (Å²) < 4.78 is 39.4. The zero-order valence-electron chi connectivity index (χ0n) is 14.7. The van der Waals surface area contributed by atoms with Gasteiger partial charge < -0.3 is 5.32 Å². The van der Waals surface area contributed by atoms with Crippen LogP contribution in [0.4, 0.5) is 13.2 Å². The second kappa shape index (κ2) is 7.40. The summed E-state index contributed by atoms with van der Waals surface area (Å²) in [6, 6.07) is 14.9. The minimum Gasteiger partial charge on any atom is -0.307 e. The molecule has 0 fully saturated rings. The molecule has 0 atom stereocenters. The summed E-state index contributed by atoms with van der Waals surface area (Å²) >= 11 is 0. The first kappa shape index (κ1) is 18.1. The van der Waals surface area contributed by atoms with Gasteiger partial charge in [0.05, 0.1) is 34.9 Å². The first-order valence-electron chi connectivity index (χ1n) is 8.62. The van der Waals surface area contributed by atoms with Crippen LogP contribution < -0.4 is 5.32 Å². The van der Waals surface area contributed by atoms with Crippen molar-refractivity contribution in [2.45, 2.75) is 19.3 Å². The smallest absolute Gasteiger partial charge is 0.307 e. The Morgan fingerprint density at radius 3 is 2.54 bits per heavy atom. The molecule has 8 heteroatoms. The highest BCUT2D eigenvalue weighted by Gasteiger charge is 2.29. The Morgan fingerprint density at radius 1 is 0.964 bits per heavy atom. The van der Waals surface area contributed by atoms with Crippen LogP contribution >= 0.6 is 0 Å². The van der Waals surface area contributed by atoms with E-state index in [0.717, 1.165) is 40.0 Å². The highest BCUT2D eigenvalue weighted by atomic mass is 19.4. The average Bonchev–Trinajstić information content (AvgIpc) is 3.16. The molecule has 0 aliphatic heterocycles. The third-order valence-electron chi connectivity index (χ3n) is 4.30. The zero-order chi connectivity index (χ0) is 19.6.